The fourth-order valence-corrected chi connectivity index (χ4v) is 5.60. The first-order valence-electron chi connectivity index (χ1n) is 12.9. The summed E-state index contributed by atoms with van der Waals surface area (Å²) in [6.07, 6.45) is 4.25. The summed E-state index contributed by atoms with van der Waals surface area (Å²) in [5.74, 6) is -0.237. The Morgan fingerprint density at radius 1 is 1.03 bits per heavy atom. The molecular formula is C29H31N5O4S. The van der Waals surface area contributed by atoms with Crippen LogP contribution in [0.1, 0.15) is 45.2 Å². The Kier molecular flexibility index (Phi) is 7.38. The molecule has 3 amide bonds. The molecule has 202 valence electrons. The van der Waals surface area contributed by atoms with Crippen molar-refractivity contribution in [3.8, 4) is 10.4 Å². The normalized spacial score (nSPS) is 16.2. The average Bonchev–Trinajstić information content (AvgIpc) is 3.62. The number of carbonyl (C=O) groups excluding carboxylic acids is 3. The van der Waals surface area contributed by atoms with Crippen LogP contribution in [0, 0.1) is 0 Å². The van der Waals surface area contributed by atoms with Crippen LogP contribution >= 0.6 is 11.3 Å². The number of anilines is 1. The number of likely N-dealkylation sites (tertiary alicyclic amines) is 1. The molecule has 5 rings (SSSR count). The van der Waals surface area contributed by atoms with E-state index in [9.17, 15) is 14.4 Å². The van der Waals surface area contributed by atoms with Gasteiger partial charge in [0.1, 0.15) is 17.7 Å². The number of thiazole rings is 1. The molecule has 10 heteroatoms. The maximum absolute atomic E-state index is 13.7. The molecule has 1 aliphatic heterocycles. The van der Waals surface area contributed by atoms with E-state index in [2.05, 4.69) is 15.6 Å². The number of carbonyl (C=O) groups is 3. The highest BCUT2D eigenvalue weighted by Crippen LogP contribution is 2.30. The lowest BCUT2D eigenvalue weighted by Crippen LogP contribution is -2.49. The number of ether oxygens (including phenoxy) is 1. The van der Waals surface area contributed by atoms with Gasteiger partial charge in [0.25, 0.3) is 5.91 Å². The van der Waals surface area contributed by atoms with Crippen molar-refractivity contribution >= 4 is 40.0 Å². The molecular weight excluding hydrogens is 514 g/mol. The lowest BCUT2D eigenvalue weighted by Gasteiger charge is -2.29. The summed E-state index contributed by atoms with van der Waals surface area (Å²) in [4.78, 5) is 47.6. The summed E-state index contributed by atoms with van der Waals surface area (Å²) in [5.41, 5.74) is 1.000. The summed E-state index contributed by atoms with van der Waals surface area (Å²) in [6.45, 7) is 5.69. The number of nitrogens with one attached hydrogen (secondary N) is 2. The summed E-state index contributed by atoms with van der Waals surface area (Å²) in [7, 11) is 0. The highest BCUT2D eigenvalue weighted by Gasteiger charge is 2.39. The largest absolute Gasteiger partial charge is 0.444 e. The summed E-state index contributed by atoms with van der Waals surface area (Å²) in [5, 5.41) is 5.59. The molecule has 1 saturated heterocycles. The molecule has 1 fully saturated rings. The smallest absolute Gasteiger partial charge is 0.408 e. The van der Waals surface area contributed by atoms with Crippen LogP contribution in [-0.4, -0.2) is 50.4 Å². The Bertz CT molecular complexity index is 1440. The summed E-state index contributed by atoms with van der Waals surface area (Å²) >= 11 is 1.53. The molecule has 4 aromatic rings. The monoisotopic (exact) mass is 545 g/mol. The summed E-state index contributed by atoms with van der Waals surface area (Å²) < 4.78 is 7.29. The van der Waals surface area contributed by atoms with Crippen molar-refractivity contribution in [2.75, 3.05) is 11.9 Å². The molecule has 2 aromatic carbocycles. The lowest BCUT2D eigenvalue weighted by molar-refractivity contribution is -0.138. The summed E-state index contributed by atoms with van der Waals surface area (Å²) in [6, 6.07) is 17.4. The molecule has 0 bridgehead atoms. The van der Waals surface area contributed by atoms with Crippen LogP contribution in [0.3, 0.4) is 0 Å². The quantitative estimate of drug-likeness (QED) is 0.344. The minimum absolute atomic E-state index is 0.307. The second-order valence-corrected chi connectivity index (χ2v) is 11.5. The Hall–Kier alpha value is -4.18. The zero-order valence-corrected chi connectivity index (χ0v) is 22.9. The number of hydrogen-bond acceptors (Lipinski definition) is 6. The molecule has 0 aliphatic carbocycles. The van der Waals surface area contributed by atoms with Gasteiger partial charge in [-0.05, 0) is 44.7 Å². The van der Waals surface area contributed by atoms with Gasteiger partial charge in [-0.1, -0.05) is 72.0 Å². The molecule has 1 aliphatic rings. The van der Waals surface area contributed by atoms with E-state index in [4.69, 9.17) is 4.74 Å². The Morgan fingerprint density at radius 3 is 2.38 bits per heavy atom. The van der Waals surface area contributed by atoms with Crippen LogP contribution in [0.2, 0.25) is 0 Å². The minimum atomic E-state index is -0.983. The first kappa shape index (κ1) is 26.4. The van der Waals surface area contributed by atoms with Gasteiger partial charge in [0.05, 0.1) is 11.1 Å². The molecule has 3 heterocycles. The van der Waals surface area contributed by atoms with E-state index in [0.717, 1.165) is 15.4 Å². The van der Waals surface area contributed by atoms with Crippen molar-refractivity contribution in [2.24, 2.45) is 0 Å². The molecule has 0 unspecified atom stereocenters. The van der Waals surface area contributed by atoms with Crippen molar-refractivity contribution < 1.29 is 19.1 Å². The van der Waals surface area contributed by atoms with Gasteiger partial charge in [0.2, 0.25) is 5.91 Å². The van der Waals surface area contributed by atoms with Gasteiger partial charge in [-0.25, -0.2) is 9.78 Å². The Balaban J connectivity index is 1.31. The predicted octanol–water partition coefficient (Wildman–Crippen LogP) is 5.26. The molecule has 2 aromatic heterocycles. The molecule has 39 heavy (non-hydrogen) atoms. The van der Waals surface area contributed by atoms with Gasteiger partial charge < -0.3 is 20.3 Å². The molecule has 0 radical (unpaired) electrons. The van der Waals surface area contributed by atoms with Crippen LogP contribution in [0.25, 0.3) is 15.4 Å². The number of imidazole rings is 1. The molecule has 2 N–H and O–H groups in total. The van der Waals surface area contributed by atoms with E-state index in [1.807, 2.05) is 47.0 Å². The van der Waals surface area contributed by atoms with Crippen molar-refractivity contribution in [1.29, 1.82) is 0 Å². The van der Waals surface area contributed by atoms with Crippen LogP contribution in [0.5, 0.6) is 0 Å². The highest BCUT2D eigenvalue weighted by molar-refractivity contribution is 7.20. The third-order valence-electron chi connectivity index (χ3n) is 6.34. The number of nitrogens with zero attached hydrogens (tertiary/aromatic N) is 3. The zero-order chi connectivity index (χ0) is 27.6. The van der Waals surface area contributed by atoms with Crippen molar-refractivity contribution in [2.45, 2.75) is 51.3 Å². The number of fused-ring (bicyclic) bond motifs is 1. The minimum Gasteiger partial charge on any atom is -0.444 e. The second-order valence-electron chi connectivity index (χ2n) is 10.4. The van der Waals surface area contributed by atoms with Crippen LogP contribution in [0.15, 0.2) is 73.1 Å². The van der Waals surface area contributed by atoms with Crippen molar-refractivity contribution in [1.82, 2.24) is 19.6 Å². The maximum atomic E-state index is 13.7. The zero-order valence-electron chi connectivity index (χ0n) is 22.1. The van der Waals surface area contributed by atoms with E-state index in [0.29, 0.717) is 30.8 Å². The first-order valence-corrected chi connectivity index (χ1v) is 13.7. The standard InChI is InChI=1S/C29H31N5O4S/c1-29(2,3)38-28(37)32-24(20-13-8-5-9-14-20)26(36)34-16-10-15-21(34)25(35)30-23-18-33-17-22(39-27(33)31-23)19-11-6-4-7-12-19/h4-9,11-14,17-18,21,24H,10,15-16H2,1-3H3,(H,30,35)(H,32,37)/t21-,24+/m1/s1. The molecule has 0 saturated carbocycles. The average molecular weight is 546 g/mol. The van der Waals surface area contributed by atoms with E-state index < -0.39 is 23.8 Å². The van der Waals surface area contributed by atoms with E-state index in [1.54, 1.807) is 51.2 Å². The van der Waals surface area contributed by atoms with E-state index in [1.165, 1.54) is 16.2 Å². The third kappa shape index (κ3) is 6.12. The molecule has 2 atom stereocenters. The third-order valence-corrected chi connectivity index (χ3v) is 7.39. The predicted molar refractivity (Wildman–Crippen MR) is 150 cm³/mol. The molecule has 9 nitrogen and oxygen atoms in total. The van der Waals surface area contributed by atoms with E-state index in [-0.39, 0.29) is 11.8 Å². The fraction of sp³-hybridized carbons (Fsp3) is 0.310. The van der Waals surface area contributed by atoms with Crippen molar-refractivity contribution in [3.63, 3.8) is 0 Å². The highest BCUT2D eigenvalue weighted by atomic mass is 32.1. The second kappa shape index (κ2) is 10.9. The van der Waals surface area contributed by atoms with Gasteiger partial charge in [0.15, 0.2) is 10.8 Å². The van der Waals surface area contributed by atoms with Gasteiger partial charge >= 0.3 is 6.09 Å². The number of alkyl carbamates (subject to hydrolysis) is 1. The number of amides is 3. The maximum Gasteiger partial charge on any atom is 0.408 e. The number of aromatic nitrogens is 2. The van der Waals surface area contributed by atoms with Crippen LogP contribution in [0.4, 0.5) is 10.6 Å². The van der Waals surface area contributed by atoms with Gasteiger partial charge in [-0.2, -0.15) is 0 Å². The van der Waals surface area contributed by atoms with Gasteiger partial charge in [-0.15, -0.1) is 0 Å². The van der Waals surface area contributed by atoms with Gasteiger partial charge in [-0.3, -0.25) is 14.0 Å². The topological polar surface area (TPSA) is 105 Å². The Labute approximate surface area is 230 Å². The number of rotatable bonds is 6. The lowest BCUT2D eigenvalue weighted by atomic mass is 10.0. The van der Waals surface area contributed by atoms with Crippen LogP contribution in [-0.2, 0) is 14.3 Å². The first-order chi connectivity index (χ1) is 18.7. The number of hydrogen-bond donors (Lipinski definition) is 2. The number of benzene rings is 2. The van der Waals surface area contributed by atoms with Crippen molar-refractivity contribution in [3.05, 3.63) is 78.6 Å². The molecule has 0 spiro atoms. The fourth-order valence-electron chi connectivity index (χ4n) is 4.63. The van der Waals surface area contributed by atoms with Gasteiger partial charge in [0, 0.05) is 12.7 Å². The SMILES string of the molecule is CC(C)(C)OC(=O)N[C@H](C(=O)N1CCC[C@@H]1C(=O)Nc1cn2cc(-c3ccccc3)sc2n1)c1ccccc1. The Morgan fingerprint density at radius 2 is 1.72 bits per heavy atom. The van der Waals surface area contributed by atoms with E-state index >= 15 is 0 Å². The van der Waals surface area contributed by atoms with Crippen LogP contribution < -0.4 is 10.6 Å².